The van der Waals surface area contributed by atoms with Gasteiger partial charge in [0.15, 0.2) is 0 Å². The van der Waals surface area contributed by atoms with Crippen LogP contribution in [0.15, 0.2) is 22.7 Å². The van der Waals surface area contributed by atoms with E-state index in [1.165, 1.54) is 18.4 Å². The fourth-order valence-corrected chi connectivity index (χ4v) is 3.68. The molecule has 3 nitrogen and oxygen atoms in total. The summed E-state index contributed by atoms with van der Waals surface area (Å²) in [4.78, 5) is 4.85. The van der Waals surface area contributed by atoms with Crippen molar-refractivity contribution in [3.63, 3.8) is 0 Å². The normalized spacial score (nSPS) is 17.9. The first kappa shape index (κ1) is 14.1. The highest BCUT2D eigenvalue weighted by Crippen LogP contribution is 2.31. The summed E-state index contributed by atoms with van der Waals surface area (Å²) in [7, 11) is 0. The molecule has 0 aliphatic heterocycles. The predicted molar refractivity (Wildman–Crippen MR) is 86.8 cm³/mol. The van der Waals surface area contributed by atoms with E-state index in [0.29, 0.717) is 0 Å². The highest BCUT2D eigenvalue weighted by molar-refractivity contribution is 9.10. The molecule has 108 valence electrons. The second-order valence-corrected chi connectivity index (χ2v) is 6.97. The third kappa shape index (κ3) is 2.63. The molecule has 0 amide bonds. The first-order valence-corrected chi connectivity index (χ1v) is 8.34. The molecule has 1 fully saturated rings. The van der Waals surface area contributed by atoms with Crippen molar-refractivity contribution in [2.75, 3.05) is 0 Å². The number of fused-ring (bicyclic) bond motifs is 1. The average molecular weight is 336 g/mol. The van der Waals surface area contributed by atoms with E-state index in [4.69, 9.17) is 10.7 Å². The molecule has 0 bridgehead atoms. The maximum Gasteiger partial charge on any atom is 0.111 e. The number of aromatic nitrogens is 2. The van der Waals surface area contributed by atoms with Gasteiger partial charge in [0.1, 0.15) is 5.82 Å². The van der Waals surface area contributed by atoms with E-state index < -0.39 is 0 Å². The molecule has 4 heteroatoms. The van der Waals surface area contributed by atoms with E-state index in [9.17, 15) is 0 Å². The highest BCUT2D eigenvalue weighted by Gasteiger charge is 2.31. The molecule has 3 rings (SSSR count). The minimum absolute atomic E-state index is 0.0376. The van der Waals surface area contributed by atoms with Crippen LogP contribution >= 0.6 is 15.9 Å². The Hall–Kier alpha value is -0.870. The first-order valence-electron chi connectivity index (χ1n) is 7.55. The molecule has 0 spiro atoms. The number of nitrogens with zero attached hydrogens (tertiary/aromatic N) is 2. The number of hydrogen-bond donors (Lipinski definition) is 1. The maximum atomic E-state index is 6.55. The summed E-state index contributed by atoms with van der Waals surface area (Å²) in [5.74, 6) is 1.16. The lowest BCUT2D eigenvalue weighted by Gasteiger charge is -2.23. The van der Waals surface area contributed by atoms with Crippen LogP contribution in [0.4, 0.5) is 0 Å². The SMILES string of the molecule is CCCn1c(CC2(N)CCCC2)nc2cc(Br)ccc21. The lowest BCUT2D eigenvalue weighted by Crippen LogP contribution is -2.39. The minimum atomic E-state index is -0.0376. The van der Waals surface area contributed by atoms with E-state index in [0.717, 1.165) is 48.0 Å². The largest absolute Gasteiger partial charge is 0.328 e. The Morgan fingerprint density at radius 3 is 2.80 bits per heavy atom. The molecule has 1 aliphatic carbocycles. The molecule has 0 atom stereocenters. The molecule has 1 aromatic carbocycles. The summed E-state index contributed by atoms with van der Waals surface area (Å²) in [6.07, 6.45) is 6.80. The zero-order chi connectivity index (χ0) is 14.2. The van der Waals surface area contributed by atoms with Gasteiger partial charge in [-0.25, -0.2) is 4.98 Å². The van der Waals surface area contributed by atoms with Crippen LogP contribution in [-0.4, -0.2) is 15.1 Å². The molecule has 1 saturated carbocycles. The summed E-state index contributed by atoms with van der Waals surface area (Å²) < 4.78 is 3.44. The summed E-state index contributed by atoms with van der Waals surface area (Å²) in [5.41, 5.74) is 8.81. The smallest absolute Gasteiger partial charge is 0.111 e. The number of aryl methyl sites for hydroxylation is 1. The van der Waals surface area contributed by atoms with E-state index >= 15 is 0 Å². The van der Waals surface area contributed by atoms with Crippen molar-refractivity contribution in [3.8, 4) is 0 Å². The number of nitrogens with two attached hydrogens (primary N) is 1. The second-order valence-electron chi connectivity index (χ2n) is 6.06. The van der Waals surface area contributed by atoms with Gasteiger partial charge in [0.2, 0.25) is 0 Å². The van der Waals surface area contributed by atoms with Crippen molar-refractivity contribution in [3.05, 3.63) is 28.5 Å². The van der Waals surface area contributed by atoms with Gasteiger partial charge in [-0.3, -0.25) is 0 Å². The minimum Gasteiger partial charge on any atom is -0.328 e. The molecule has 1 aliphatic rings. The third-order valence-corrected chi connectivity index (χ3v) is 4.84. The number of halogens is 1. The van der Waals surface area contributed by atoms with Crippen molar-refractivity contribution in [1.29, 1.82) is 0 Å². The molecular formula is C16H22BrN3. The Kier molecular flexibility index (Phi) is 3.87. The van der Waals surface area contributed by atoms with Crippen LogP contribution in [0.2, 0.25) is 0 Å². The van der Waals surface area contributed by atoms with E-state index in [-0.39, 0.29) is 5.54 Å². The summed E-state index contributed by atoms with van der Waals surface area (Å²) >= 11 is 3.53. The number of hydrogen-bond acceptors (Lipinski definition) is 2. The van der Waals surface area contributed by atoms with E-state index in [2.05, 4.69) is 45.6 Å². The van der Waals surface area contributed by atoms with Crippen LogP contribution in [0.25, 0.3) is 11.0 Å². The van der Waals surface area contributed by atoms with Crippen LogP contribution in [0.3, 0.4) is 0 Å². The van der Waals surface area contributed by atoms with Gasteiger partial charge < -0.3 is 10.3 Å². The Labute approximate surface area is 128 Å². The van der Waals surface area contributed by atoms with Gasteiger partial charge in [0.25, 0.3) is 0 Å². The molecule has 0 saturated heterocycles. The molecule has 0 unspecified atom stereocenters. The Bertz CT molecular complexity index is 611. The number of rotatable bonds is 4. The second kappa shape index (κ2) is 5.49. The predicted octanol–water partition coefficient (Wildman–Crippen LogP) is 4.02. The number of imidazole rings is 1. The molecule has 1 aromatic heterocycles. The zero-order valence-electron chi connectivity index (χ0n) is 12.0. The first-order chi connectivity index (χ1) is 9.61. The van der Waals surface area contributed by atoms with Crippen molar-refractivity contribution in [2.45, 2.75) is 57.5 Å². The van der Waals surface area contributed by atoms with Gasteiger partial charge in [0, 0.05) is 23.0 Å². The summed E-state index contributed by atoms with van der Waals surface area (Å²) in [5, 5.41) is 0. The van der Waals surface area contributed by atoms with Gasteiger partial charge in [0.05, 0.1) is 11.0 Å². The molecular weight excluding hydrogens is 314 g/mol. The van der Waals surface area contributed by atoms with Crippen LogP contribution < -0.4 is 5.73 Å². The van der Waals surface area contributed by atoms with Gasteiger partial charge >= 0.3 is 0 Å². The monoisotopic (exact) mass is 335 g/mol. The Morgan fingerprint density at radius 2 is 2.10 bits per heavy atom. The Balaban J connectivity index is 2.02. The topological polar surface area (TPSA) is 43.8 Å². The van der Waals surface area contributed by atoms with Crippen LogP contribution in [0, 0.1) is 0 Å². The van der Waals surface area contributed by atoms with Gasteiger partial charge in [-0.05, 0) is 37.5 Å². The molecule has 20 heavy (non-hydrogen) atoms. The lowest BCUT2D eigenvalue weighted by atomic mass is 9.94. The van der Waals surface area contributed by atoms with Crippen molar-refractivity contribution in [2.24, 2.45) is 5.73 Å². The number of benzene rings is 1. The molecule has 0 radical (unpaired) electrons. The van der Waals surface area contributed by atoms with Crippen LogP contribution in [-0.2, 0) is 13.0 Å². The van der Waals surface area contributed by atoms with Gasteiger partial charge in [-0.2, -0.15) is 0 Å². The lowest BCUT2D eigenvalue weighted by molar-refractivity contribution is 0.418. The fraction of sp³-hybridized carbons (Fsp3) is 0.562. The summed E-state index contributed by atoms with van der Waals surface area (Å²) in [6, 6.07) is 6.35. The van der Waals surface area contributed by atoms with Crippen molar-refractivity contribution < 1.29 is 0 Å². The van der Waals surface area contributed by atoms with Crippen molar-refractivity contribution in [1.82, 2.24) is 9.55 Å². The molecule has 2 N–H and O–H groups in total. The highest BCUT2D eigenvalue weighted by atomic mass is 79.9. The fourth-order valence-electron chi connectivity index (χ4n) is 3.33. The maximum absolute atomic E-state index is 6.55. The Morgan fingerprint density at radius 1 is 1.35 bits per heavy atom. The molecule has 2 aromatic rings. The van der Waals surface area contributed by atoms with Gasteiger partial charge in [-0.15, -0.1) is 0 Å². The van der Waals surface area contributed by atoms with E-state index in [1.54, 1.807) is 0 Å². The summed E-state index contributed by atoms with van der Waals surface area (Å²) in [6.45, 7) is 3.23. The quantitative estimate of drug-likeness (QED) is 0.916. The zero-order valence-corrected chi connectivity index (χ0v) is 13.6. The average Bonchev–Trinajstić information content (AvgIpc) is 2.95. The van der Waals surface area contributed by atoms with E-state index in [1.807, 2.05) is 0 Å². The van der Waals surface area contributed by atoms with Gasteiger partial charge in [-0.1, -0.05) is 35.7 Å². The standard InChI is InChI=1S/C16H22BrN3/c1-2-9-20-14-6-5-12(17)10-13(14)19-15(20)11-16(18)7-3-4-8-16/h5-6,10H,2-4,7-9,11,18H2,1H3. The van der Waals surface area contributed by atoms with Crippen molar-refractivity contribution >= 4 is 27.0 Å². The van der Waals surface area contributed by atoms with Crippen LogP contribution in [0.1, 0.15) is 44.9 Å². The van der Waals surface area contributed by atoms with Crippen LogP contribution in [0.5, 0.6) is 0 Å². The molecule has 1 heterocycles. The third-order valence-electron chi connectivity index (χ3n) is 4.35.